The molecule has 1 N–H and O–H groups in total. The average molecular weight is 605 g/mol. The van der Waals surface area contributed by atoms with E-state index in [0.717, 1.165) is 5.56 Å². The lowest BCUT2D eigenvalue weighted by Crippen LogP contribution is -2.55. The Morgan fingerprint density at radius 3 is 2.26 bits per heavy atom. The molecule has 0 radical (unpaired) electrons. The first-order valence-electron chi connectivity index (χ1n) is 15.5. The monoisotopic (exact) mass is 604 g/mol. The van der Waals surface area contributed by atoms with Crippen molar-refractivity contribution >= 4 is 29.4 Å². The molecule has 1 aliphatic heterocycles. The third-order valence-electron chi connectivity index (χ3n) is 8.76. The largest absolute Gasteiger partial charge is 0.447 e. The molecule has 2 aliphatic rings. The van der Waals surface area contributed by atoms with Crippen molar-refractivity contribution in [3.8, 4) is 0 Å². The minimum Gasteiger partial charge on any atom is -0.447 e. The SMILES string of the molecule is CCCC(CC(=O)[C@@H]1[C@H]2CCC(F)(F)[C@H]2CN1C(=O)[C@@H](NC(=O)OC(C)C)C(C)C)C(=O)C(=O)C[C@@H](C)c1ccccc1. The van der Waals surface area contributed by atoms with E-state index in [2.05, 4.69) is 5.32 Å². The second-order valence-corrected chi connectivity index (χ2v) is 12.8. The van der Waals surface area contributed by atoms with E-state index < -0.39 is 77.1 Å². The summed E-state index contributed by atoms with van der Waals surface area (Å²) >= 11 is 0. The van der Waals surface area contributed by atoms with Gasteiger partial charge in [0.15, 0.2) is 11.6 Å². The first-order chi connectivity index (χ1) is 20.2. The van der Waals surface area contributed by atoms with E-state index in [4.69, 9.17) is 4.74 Å². The van der Waals surface area contributed by atoms with Crippen molar-refractivity contribution in [2.24, 2.45) is 23.7 Å². The van der Waals surface area contributed by atoms with Gasteiger partial charge in [-0.05, 0) is 50.0 Å². The quantitative estimate of drug-likeness (QED) is 0.272. The van der Waals surface area contributed by atoms with Crippen LogP contribution in [0.2, 0.25) is 0 Å². The van der Waals surface area contributed by atoms with Gasteiger partial charge in [0, 0.05) is 37.6 Å². The number of alkyl halides is 2. The van der Waals surface area contributed by atoms with E-state index in [0.29, 0.717) is 6.42 Å². The van der Waals surface area contributed by atoms with Crippen LogP contribution in [0.3, 0.4) is 0 Å². The zero-order chi connectivity index (χ0) is 32.1. The molecule has 1 aromatic rings. The van der Waals surface area contributed by atoms with E-state index in [9.17, 15) is 32.8 Å². The van der Waals surface area contributed by atoms with Gasteiger partial charge in [0.2, 0.25) is 11.7 Å². The Bertz CT molecular complexity index is 1170. The van der Waals surface area contributed by atoms with Gasteiger partial charge < -0.3 is 15.0 Å². The van der Waals surface area contributed by atoms with Crippen molar-refractivity contribution in [1.82, 2.24) is 10.2 Å². The number of amides is 2. The fourth-order valence-electron chi connectivity index (χ4n) is 6.51. The normalized spacial score (nSPS) is 23.0. The van der Waals surface area contributed by atoms with Gasteiger partial charge in [0.25, 0.3) is 5.92 Å². The molecule has 0 bridgehead atoms. The molecule has 10 heteroatoms. The summed E-state index contributed by atoms with van der Waals surface area (Å²) in [5.74, 6) is -8.86. The molecule has 0 spiro atoms. The number of Topliss-reactive ketones (excluding diaryl/α,β-unsaturated/α-hetero) is 3. The van der Waals surface area contributed by atoms with Crippen LogP contribution in [0.1, 0.15) is 91.5 Å². The van der Waals surface area contributed by atoms with Gasteiger partial charge in [-0.2, -0.15) is 0 Å². The van der Waals surface area contributed by atoms with Gasteiger partial charge >= 0.3 is 6.09 Å². The predicted molar refractivity (Wildman–Crippen MR) is 158 cm³/mol. The topological polar surface area (TPSA) is 110 Å². The predicted octanol–water partition coefficient (Wildman–Crippen LogP) is 5.73. The van der Waals surface area contributed by atoms with Crippen LogP contribution in [-0.4, -0.2) is 64.9 Å². The second-order valence-electron chi connectivity index (χ2n) is 12.8. The van der Waals surface area contributed by atoms with Crippen LogP contribution in [-0.2, 0) is 23.9 Å². The summed E-state index contributed by atoms with van der Waals surface area (Å²) in [4.78, 5) is 67.7. The molecule has 1 unspecified atom stereocenters. The lowest BCUT2D eigenvalue weighted by atomic mass is 9.83. The Balaban J connectivity index is 1.83. The molecule has 43 heavy (non-hydrogen) atoms. The summed E-state index contributed by atoms with van der Waals surface area (Å²) in [7, 11) is 0. The van der Waals surface area contributed by atoms with Crippen molar-refractivity contribution in [3.05, 3.63) is 35.9 Å². The maximum atomic E-state index is 14.9. The number of carbonyl (C=O) groups excluding carboxylic acids is 5. The van der Waals surface area contributed by atoms with E-state index in [1.807, 2.05) is 44.2 Å². The number of alkyl carbamates (subject to hydrolysis) is 1. The zero-order valence-electron chi connectivity index (χ0n) is 26.1. The number of carbonyl (C=O) groups is 5. The van der Waals surface area contributed by atoms with Crippen LogP contribution in [0.15, 0.2) is 30.3 Å². The Morgan fingerprint density at radius 1 is 1.02 bits per heavy atom. The zero-order valence-corrected chi connectivity index (χ0v) is 26.1. The summed E-state index contributed by atoms with van der Waals surface area (Å²) < 4.78 is 35.0. The summed E-state index contributed by atoms with van der Waals surface area (Å²) in [6.45, 7) is 10.1. The number of hydrogen-bond acceptors (Lipinski definition) is 6. The molecular weight excluding hydrogens is 558 g/mol. The van der Waals surface area contributed by atoms with Crippen LogP contribution in [0.5, 0.6) is 0 Å². The highest BCUT2D eigenvalue weighted by molar-refractivity contribution is 6.38. The Kier molecular flexibility index (Phi) is 11.6. The van der Waals surface area contributed by atoms with E-state index in [-0.39, 0.29) is 44.6 Å². The fourth-order valence-corrected chi connectivity index (χ4v) is 6.51. The number of benzene rings is 1. The molecule has 2 fully saturated rings. The molecule has 0 aromatic heterocycles. The van der Waals surface area contributed by atoms with Gasteiger partial charge in [-0.25, -0.2) is 13.6 Å². The maximum Gasteiger partial charge on any atom is 0.408 e. The Morgan fingerprint density at radius 2 is 1.67 bits per heavy atom. The third kappa shape index (κ3) is 8.26. The molecule has 6 atom stereocenters. The van der Waals surface area contributed by atoms with Crippen LogP contribution in [0.25, 0.3) is 0 Å². The number of nitrogens with one attached hydrogen (secondary N) is 1. The number of ketones is 3. The highest BCUT2D eigenvalue weighted by atomic mass is 19.3. The number of rotatable bonds is 14. The van der Waals surface area contributed by atoms with Crippen LogP contribution in [0, 0.1) is 23.7 Å². The maximum absolute atomic E-state index is 14.9. The van der Waals surface area contributed by atoms with Crippen molar-refractivity contribution in [1.29, 1.82) is 0 Å². The molecule has 1 saturated heterocycles. The number of ether oxygens (including phenoxy) is 1. The van der Waals surface area contributed by atoms with Crippen LogP contribution < -0.4 is 5.32 Å². The molecule has 8 nitrogen and oxygen atoms in total. The van der Waals surface area contributed by atoms with Gasteiger partial charge in [-0.3, -0.25) is 19.2 Å². The number of fused-ring (bicyclic) bond motifs is 1. The fraction of sp³-hybridized carbons (Fsp3) is 0.667. The summed E-state index contributed by atoms with van der Waals surface area (Å²) in [6, 6.07) is 7.09. The van der Waals surface area contributed by atoms with Gasteiger partial charge in [-0.15, -0.1) is 0 Å². The molecule has 1 aliphatic carbocycles. The highest BCUT2D eigenvalue weighted by Crippen LogP contribution is 2.51. The number of likely N-dealkylation sites (tertiary alicyclic amines) is 1. The van der Waals surface area contributed by atoms with Crippen LogP contribution >= 0.6 is 0 Å². The number of halogens is 2. The second kappa shape index (κ2) is 14.5. The van der Waals surface area contributed by atoms with Crippen molar-refractivity contribution in [2.45, 2.75) is 110 Å². The van der Waals surface area contributed by atoms with Gasteiger partial charge in [0.1, 0.15) is 6.04 Å². The van der Waals surface area contributed by atoms with Crippen molar-refractivity contribution < 1.29 is 37.5 Å². The molecule has 238 valence electrons. The van der Waals surface area contributed by atoms with Gasteiger partial charge in [0.05, 0.1) is 12.1 Å². The molecule has 1 aromatic carbocycles. The van der Waals surface area contributed by atoms with E-state index in [1.165, 1.54) is 4.90 Å². The smallest absolute Gasteiger partial charge is 0.408 e. The summed E-state index contributed by atoms with van der Waals surface area (Å²) in [5, 5.41) is 2.55. The summed E-state index contributed by atoms with van der Waals surface area (Å²) in [6.07, 6.45) is -1.05. The first kappa shape index (κ1) is 34.3. The third-order valence-corrected chi connectivity index (χ3v) is 8.76. The minimum atomic E-state index is -3.04. The average Bonchev–Trinajstić information content (AvgIpc) is 3.47. The molecule has 1 heterocycles. The lowest BCUT2D eigenvalue weighted by Gasteiger charge is -2.32. The highest BCUT2D eigenvalue weighted by Gasteiger charge is 2.61. The number of hydrogen-bond donors (Lipinski definition) is 1. The molecule has 1 saturated carbocycles. The Hall–Kier alpha value is -3.17. The lowest BCUT2D eigenvalue weighted by molar-refractivity contribution is -0.143. The first-order valence-corrected chi connectivity index (χ1v) is 15.5. The number of nitrogens with zero attached hydrogens (tertiary/aromatic N) is 1. The minimum absolute atomic E-state index is 0.00354. The Labute approximate surface area is 253 Å². The van der Waals surface area contributed by atoms with Crippen molar-refractivity contribution in [2.75, 3.05) is 6.54 Å². The van der Waals surface area contributed by atoms with Crippen LogP contribution in [0.4, 0.5) is 13.6 Å². The van der Waals surface area contributed by atoms with Gasteiger partial charge in [-0.1, -0.05) is 64.4 Å². The summed E-state index contributed by atoms with van der Waals surface area (Å²) in [5.41, 5.74) is 0.922. The molecule has 2 amide bonds. The molecular formula is C33H46F2N2O6. The van der Waals surface area contributed by atoms with E-state index in [1.54, 1.807) is 27.7 Å². The standard InChI is InChI=1S/C33H46F2N2O6/c1-7-11-23(30(40)27(39)16-21(6)22-12-9-8-10-13-22)17-26(38)29-24-14-15-33(34,35)25(24)18-37(29)31(41)28(19(2)3)36-32(42)43-20(4)5/h8-10,12-13,19-21,23-25,28-29H,7,11,14-18H2,1-6H3,(H,36,42)/t21-,23?,24+,25+,28+,29+/m1/s1. The van der Waals surface area contributed by atoms with E-state index >= 15 is 0 Å². The van der Waals surface area contributed by atoms with Crippen molar-refractivity contribution in [3.63, 3.8) is 0 Å². The molecule has 3 rings (SSSR count).